The predicted molar refractivity (Wildman–Crippen MR) is 76.2 cm³/mol. The molecule has 1 aliphatic rings. The molecule has 1 aromatic heterocycles. The van der Waals surface area contributed by atoms with Gasteiger partial charge in [0.1, 0.15) is 5.82 Å². The lowest BCUT2D eigenvalue weighted by atomic mass is 10.1. The molecule has 0 unspecified atom stereocenters. The molecule has 0 aliphatic carbocycles. The minimum Gasteiger partial charge on any atom is -0.326 e. The number of fused-ring (bicyclic) bond motifs is 1. The highest BCUT2D eigenvalue weighted by Crippen LogP contribution is 2.33. The average Bonchev–Trinajstić information content (AvgIpc) is 2.82. The highest BCUT2D eigenvalue weighted by molar-refractivity contribution is 5.68. The van der Waals surface area contributed by atoms with Gasteiger partial charge in [-0.15, -0.1) is 0 Å². The number of pyridine rings is 1. The Labute approximate surface area is 108 Å². The maximum Gasteiger partial charge on any atom is 0.133 e. The van der Waals surface area contributed by atoms with E-state index in [0.29, 0.717) is 0 Å². The fourth-order valence-electron chi connectivity index (χ4n) is 2.49. The molecule has 0 atom stereocenters. The molecule has 2 aromatic rings. The van der Waals surface area contributed by atoms with E-state index in [1.165, 1.54) is 16.8 Å². The Morgan fingerprint density at radius 3 is 2.94 bits per heavy atom. The fourth-order valence-corrected chi connectivity index (χ4v) is 2.49. The zero-order chi connectivity index (χ0) is 12.5. The summed E-state index contributed by atoms with van der Waals surface area (Å²) < 4.78 is 0. The van der Waals surface area contributed by atoms with E-state index in [0.717, 1.165) is 24.3 Å². The van der Waals surface area contributed by atoms with Gasteiger partial charge in [0, 0.05) is 18.4 Å². The summed E-state index contributed by atoms with van der Waals surface area (Å²) in [6.07, 6.45) is 4.85. The Bertz CT molecular complexity index is 602. The Morgan fingerprint density at radius 1 is 1.33 bits per heavy atom. The minimum atomic E-state index is 1.01. The molecule has 0 saturated carbocycles. The van der Waals surface area contributed by atoms with E-state index < -0.39 is 0 Å². The zero-order valence-corrected chi connectivity index (χ0v) is 10.6. The van der Waals surface area contributed by atoms with Crippen LogP contribution < -0.4 is 4.90 Å². The largest absolute Gasteiger partial charge is 0.326 e. The van der Waals surface area contributed by atoms with Crippen molar-refractivity contribution in [3.05, 3.63) is 59.8 Å². The number of anilines is 2. The molecule has 3 rings (SSSR count). The molecule has 0 bridgehead atoms. The molecule has 0 fully saturated rings. The lowest BCUT2D eigenvalue weighted by molar-refractivity contribution is 0.971. The van der Waals surface area contributed by atoms with Crippen LogP contribution in [0.25, 0.3) is 6.08 Å². The maximum atomic E-state index is 4.55. The molecule has 1 aromatic carbocycles. The summed E-state index contributed by atoms with van der Waals surface area (Å²) >= 11 is 0. The lowest BCUT2D eigenvalue weighted by Crippen LogP contribution is -2.14. The summed E-state index contributed by atoms with van der Waals surface area (Å²) in [6.45, 7) is 6.92. The lowest BCUT2D eigenvalue weighted by Gasteiger charge is -2.19. The van der Waals surface area contributed by atoms with Crippen molar-refractivity contribution in [2.45, 2.75) is 13.3 Å². The minimum absolute atomic E-state index is 1.01. The van der Waals surface area contributed by atoms with Gasteiger partial charge in [-0.05, 0) is 42.2 Å². The monoisotopic (exact) mass is 236 g/mol. The number of hydrogen-bond acceptors (Lipinski definition) is 2. The van der Waals surface area contributed by atoms with E-state index in [-0.39, 0.29) is 0 Å². The Hall–Kier alpha value is -2.09. The first kappa shape index (κ1) is 11.0. The Balaban J connectivity index is 2.02. The van der Waals surface area contributed by atoms with Crippen molar-refractivity contribution in [2.75, 3.05) is 11.4 Å². The van der Waals surface area contributed by atoms with Crippen LogP contribution in [0, 0.1) is 6.92 Å². The van der Waals surface area contributed by atoms with Crippen LogP contribution in [-0.2, 0) is 6.42 Å². The van der Waals surface area contributed by atoms with Crippen LogP contribution in [0.1, 0.15) is 16.7 Å². The van der Waals surface area contributed by atoms with Gasteiger partial charge in [0.15, 0.2) is 0 Å². The molecular weight excluding hydrogens is 220 g/mol. The van der Waals surface area contributed by atoms with Crippen LogP contribution >= 0.6 is 0 Å². The number of benzene rings is 1. The van der Waals surface area contributed by atoms with Gasteiger partial charge in [0.05, 0.1) is 0 Å². The van der Waals surface area contributed by atoms with Gasteiger partial charge in [0.25, 0.3) is 0 Å². The van der Waals surface area contributed by atoms with Crippen molar-refractivity contribution < 1.29 is 0 Å². The van der Waals surface area contributed by atoms with Crippen LogP contribution in [-0.4, -0.2) is 11.5 Å². The van der Waals surface area contributed by atoms with Gasteiger partial charge in [-0.3, -0.25) is 0 Å². The van der Waals surface area contributed by atoms with Crippen LogP contribution in [0.15, 0.2) is 43.1 Å². The molecule has 0 amide bonds. The third kappa shape index (κ3) is 1.70. The summed E-state index contributed by atoms with van der Waals surface area (Å²) in [5.41, 5.74) is 5.02. The summed E-state index contributed by atoms with van der Waals surface area (Å²) in [5.74, 6) is 1.03. The van der Waals surface area contributed by atoms with Gasteiger partial charge in [-0.2, -0.15) is 0 Å². The van der Waals surface area contributed by atoms with Gasteiger partial charge < -0.3 is 4.90 Å². The normalized spacial score (nSPS) is 13.5. The molecular formula is C16H16N2. The van der Waals surface area contributed by atoms with E-state index in [4.69, 9.17) is 0 Å². The van der Waals surface area contributed by atoms with Crippen LogP contribution in [0.5, 0.6) is 0 Å². The van der Waals surface area contributed by atoms with Crippen molar-refractivity contribution >= 4 is 17.6 Å². The molecule has 0 spiro atoms. The molecule has 2 heterocycles. The van der Waals surface area contributed by atoms with E-state index in [1.54, 1.807) is 0 Å². The van der Waals surface area contributed by atoms with Crippen molar-refractivity contribution in [3.8, 4) is 0 Å². The zero-order valence-electron chi connectivity index (χ0n) is 10.6. The third-order valence-corrected chi connectivity index (χ3v) is 3.52. The van der Waals surface area contributed by atoms with Gasteiger partial charge >= 0.3 is 0 Å². The van der Waals surface area contributed by atoms with E-state index in [1.807, 2.05) is 12.3 Å². The highest BCUT2D eigenvalue weighted by atomic mass is 15.2. The summed E-state index contributed by atoms with van der Waals surface area (Å²) in [5, 5.41) is 0. The molecule has 0 N–H and O–H groups in total. The van der Waals surface area contributed by atoms with E-state index in [9.17, 15) is 0 Å². The molecule has 2 heteroatoms. The highest BCUT2D eigenvalue weighted by Gasteiger charge is 2.20. The van der Waals surface area contributed by atoms with Crippen LogP contribution in [0.4, 0.5) is 11.5 Å². The molecule has 2 nitrogen and oxygen atoms in total. The quantitative estimate of drug-likeness (QED) is 0.790. The second-order valence-electron chi connectivity index (χ2n) is 4.63. The van der Waals surface area contributed by atoms with E-state index >= 15 is 0 Å². The first-order chi connectivity index (χ1) is 8.79. The van der Waals surface area contributed by atoms with E-state index in [2.05, 4.69) is 53.7 Å². The second kappa shape index (κ2) is 4.30. The molecule has 1 aliphatic heterocycles. The maximum absolute atomic E-state index is 4.55. The number of hydrogen-bond donors (Lipinski definition) is 0. The first-order valence-electron chi connectivity index (χ1n) is 6.24. The number of aromatic nitrogens is 1. The SMILES string of the molecule is C=Cc1cnc(N2CCc3ccccc32)cc1C. The summed E-state index contributed by atoms with van der Waals surface area (Å²) in [7, 11) is 0. The number of nitrogens with zero attached hydrogens (tertiary/aromatic N) is 2. The van der Waals surface area contributed by atoms with Crippen molar-refractivity contribution in [3.63, 3.8) is 0 Å². The standard InChI is InChI=1S/C16H16N2/c1-3-13-11-17-16(10-12(13)2)18-9-8-14-6-4-5-7-15(14)18/h3-7,10-11H,1,8-9H2,2H3. The second-order valence-corrected chi connectivity index (χ2v) is 4.63. The third-order valence-electron chi connectivity index (χ3n) is 3.52. The van der Waals surface area contributed by atoms with Gasteiger partial charge in [0.2, 0.25) is 0 Å². The van der Waals surface area contributed by atoms with Crippen LogP contribution in [0.3, 0.4) is 0 Å². The first-order valence-corrected chi connectivity index (χ1v) is 6.24. The summed E-state index contributed by atoms with van der Waals surface area (Å²) in [6, 6.07) is 10.7. The van der Waals surface area contributed by atoms with Gasteiger partial charge in [-0.25, -0.2) is 4.98 Å². The van der Waals surface area contributed by atoms with Crippen molar-refractivity contribution in [1.82, 2.24) is 4.98 Å². The Morgan fingerprint density at radius 2 is 2.17 bits per heavy atom. The molecule has 0 saturated heterocycles. The summed E-state index contributed by atoms with van der Waals surface area (Å²) in [4.78, 5) is 6.83. The molecule has 0 radical (unpaired) electrons. The average molecular weight is 236 g/mol. The topological polar surface area (TPSA) is 16.1 Å². The number of rotatable bonds is 2. The number of para-hydroxylation sites is 1. The van der Waals surface area contributed by atoms with Crippen molar-refractivity contribution in [1.29, 1.82) is 0 Å². The van der Waals surface area contributed by atoms with Crippen molar-refractivity contribution in [2.24, 2.45) is 0 Å². The van der Waals surface area contributed by atoms with Gasteiger partial charge in [-0.1, -0.05) is 30.9 Å². The Kier molecular flexibility index (Phi) is 2.63. The predicted octanol–water partition coefficient (Wildman–Crippen LogP) is 3.73. The molecule has 18 heavy (non-hydrogen) atoms. The smallest absolute Gasteiger partial charge is 0.133 e. The molecule has 90 valence electrons. The fraction of sp³-hybridized carbons (Fsp3) is 0.188. The number of aryl methyl sites for hydroxylation is 1. The van der Waals surface area contributed by atoms with Crippen LogP contribution in [0.2, 0.25) is 0 Å².